The number of carbonyl (C=O) groups is 1. The maximum absolute atomic E-state index is 12.3. The van der Waals surface area contributed by atoms with Crippen LogP contribution in [0.15, 0.2) is 42.5 Å². The van der Waals surface area contributed by atoms with Gasteiger partial charge in [-0.25, -0.2) is 0 Å². The molecule has 4 nitrogen and oxygen atoms in total. The Morgan fingerprint density at radius 2 is 1.83 bits per heavy atom. The molecule has 4 heteroatoms. The highest BCUT2D eigenvalue weighted by molar-refractivity contribution is 5.94. The molecule has 0 bridgehead atoms. The van der Waals surface area contributed by atoms with E-state index in [2.05, 4.69) is 5.32 Å². The van der Waals surface area contributed by atoms with Crippen molar-refractivity contribution < 1.29 is 14.3 Å². The fraction of sp³-hybridized carbons (Fsp3) is 0.316. The van der Waals surface area contributed by atoms with Crippen LogP contribution in [-0.2, 0) is 0 Å². The maximum Gasteiger partial charge on any atom is 0.251 e. The van der Waals surface area contributed by atoms with Crippen LogP contribution in [0.25, 0.3) is 0 Å². The van der Waals surface area contributed by atoms with Gasteiger partial charge in [-0.1, -0.05) is 18.2 Å². The number of nitrogens with one attached hydrogen (secondary N) is 1. The van der Waals surface area contributed by atoms with E-state index in [1.165, 1.54) is 0 Å². The van der Waals surface area contributed by atoms with Crippen molar-refractivity contribution >= 4 is 5.91 Å². The quantitative estimate of drug-likeness (QED) is 0.888. The Kier molecular flexibility index (Phi) is 5.63. The highest BCUT2D eigenvalue weighted by atomic mass is 16.5. The van der Waals surface area contributed by atoms with Gasteiger partial charge in [-0.15, -0.1) is 0 Å². The van der Waals surface area contributed by atoms with E-state index in [9.17, 15) is 4.79 Å². The molecule has 0 saturated heterocycles. The van der Waals surface area contributed by atoms with Crippen molar-refractivity contribution in [2.24, 2.45) is 0 Å². The number of amides is 1. The number of rotatable bonds is 6. The van der Waals surface area contributed by atoms with Crippen LogP contribution in [0.1, 0.15) is 28.4 Å². The van der Waals surface area contributed by atoms with Gasteiger partial charge in [-0.05, 0) is 56.2 Å². The van der Waals surface area contributed by atoms with Gasteiger partial charge in [-0.3, -0.25) is 4.79 Å². The number of hydrogen-bond donors (Lipinski definition) is 1. The number of ether oxygens (including phenoxy) is 2. The summed E-state index contributed by atoms with van der Waals surface area (Å²) in [5, 5.41) is 2.95. The van der Waals surface area contributed by atoms with Crippen molar-refractivity contribution in [2.45, 2.75) is 26.8 Å². The molecule has 0 aliphatic carbocycles. The summed E-state index contributed by atoms with van der Waals surface area (Å²) in [7, 11) is 1.62. The molecular formula is C19H23NO3. The zero-order valence-electron chi connectivity index (χ0n) is 14.1. The minimum Gasteiger partial charge on any atom is -0.496 e. The van der Waals surface area contributed by atoms with Crippen molar-refractivity contribution in [1.82, 2.24) is 5.32 Å². The van der Waals surface area contributed by atoms with Gasteiger partial charge in [0, 0.05) is 5.56 Å². The molecule has 0 aliphatic rings. The number of aryl methyl sites for hydroxylation is 2. The van der Waals surface area contributed by atoms with Crippen LogP contribution in [0.3, 0.4) is 0 Å². The number of hydrogen-bond acceptors (Lipinski definition) is 3. The molecular weight excluding hydrogens is 290 g/mol. The highest BCUT2D eigenvalue weighted by Gasteiger charge is 2.12. The zero-order chi connectivity index (χ0) is 16.8. The summed E-state index contributed by atoms with van der Waals surface area (Å²) in [5.41, 5.74) is 2.63. The van der Waals surface area contributed by atoms with Crippen LogP contribution in [0.5, 0.6) is 11.5 Å². The molecule has 0 aromatic heterocycles. The summed E-state index contributed by atoms with van der Waals surface area (Å²) in [6, 6.07) is 13.1. The topological polar surface area (TPSA) is 47.6 Å². The van der Waals surface area contributed by atoms with Gasteiger partial charge in [0.25, 0.3) is 5.91 Å². The fourth-order valence-corrected chi connectivity index (χ4v) is 2.30. The van der Waals surface area contributed by atoms with Gasteiger partial charge >= 0.3 is 0 Å². The lowest BCUT2D eigenvalue weighted by atomic mass is 10.1. The molecule has 1 N–H and O–H groups in total. The average Bonchev–Trinajstić information content (AvgIpc) is 2.54. The first kappa shape index (κ1) is 16.9. The summed E-state index contributed by atoms with van der Waals surface area (Å²) in [4.78, 5) is 12.3. The Morgan fingerprint density at radius 1 is 1.09 bits per heavy atom. The predicted octanol–water partition coefficient (Wildman–Crippen LogP) is 3.51. The molecule has 0 aliphatic heterocycles. The maximum atomic E-state index is 12.3. The van der Waals surface area contributed by atoms with E-state index >= 15 is 0 Å². The second-order valence-corrected chi connectivity index (χ2v) is 5.64. The zero-order valence-corrected chi connectivity index (χ0v) is 14.1. The van der Waals surface area contributed by atoms with Gasteiger partial charge in [0.05, 0.1) is 13.2 Å². The van der Waals surface area contributed by atoms with E-state index in [1.807, 2.05) is 51.1 Å². The molecule has 1 atom stereocenters. The van der Waals surface area contributed by atoms with Crippen LogP contribution < -0.4 is 14.8 Å². The second kappa shape index (κ2) is 7.68. The van der Waals surface area contributed by atoms with E-state index < -0.39 is 0 Å². The molecule has 0 radical (unpaired) electrons. The average molecular weight is 313 g/mol. The van der Waals surface area contributed by atoms with Crippen molar-refractivity contribution in [2.75, 3.05) is 13.7 Å². The van der Waals surface area contributed by atoms with E-state index in [0.29, 0.717) is 12.2 Å². The van der Waals surface area contributed by atoms with E-state index in [-0.39, 0.29) is 11.9 Å². The molecule has 1 amide bonds. The third-order valence-corrected chi connectivity index (χ3v) is 3.62. The standard InChI is InChI=1S/C19H23NO3/c1-13-7-5-6-8-18(13)23-12-15(3)20-19(21)16-9-10-17(22-4)14(2)11-16/h5-11,15H,12H2,1-4H3,(H,20,21). The SMILES string of the molecule is COc1ccc(C(=O)NC(C)COc2ccccc2C)cc1C. The highest BCUT2D eigenvalue weighted by Crippen LogP contribution is 2.19. The summed E-state index contributed by atoms with van der Waals surface area (Å²) in [6.07, 6.45) is 0. The van der Waals surface area contributed by atoms with Crippen molar-refractivity contribution in [3.8, 4) is 11.5 Å². The molecule has 2 rings (SSSR count). The normalized spacial score (nSPS) is 11.7. The van der Waals surface area contributed by atoms with E-state index in [4.69, 9.17) is 9.47 Å². The third kappa shape index (κ3) is 4.49. The summed E-state index contributed by atoms with van der Waals surface area (Å²) < 4.78 is 11.0. The Labute approximate surface area is 137 Å². The minimum absolute atomic E-state index is 0.0930. The Morgan fingerprint density at radius 3 is 2.48 bits per heavy atom. The monoisotopic (exact) mass is 313 g/mol. The molecule has 0 heterocycles. The van der Waals surface area contributed by atoms with Gasteiger partial charge in [0.2, 0.25) is 0 Å². The van der Waals surface area contributed by atoms with Crippen LogP contribution in [0, 0.1) is 13.8 Å². The Bertz CT molecular complexity index is 682. The van der Waals surface area contributed by atoms with Crippen LogP contribution in [-0.4, -0.2) is 25.7 Å². The summed E-state index contributed by atoms with van der Waals surface area (Å²) in [5.74, 6) is 1.50. The first-order valence-electron chi connectivity index (χ1n) is 7.65. The van der Waals surface area contributed by atoms with Crippen LogP contribution in [0.4, 0.5) is 0 Å². The Balaban J connectivity index is 1.92. The predicted molar refractivity (Wildman–Crippen MR) is 91.3 cm³/mol. The summed E-state index contributed by atoms with van der Waals surface area (Å²) >= 11 is 0. The molecule has 0 fully saturated rings. The lowest BCUT2D eigenvalue weighted by Gasteiger charge is -2.16. The van der Waals surface area contributed by atoms with Gasteiger partial charge < -0.3 is 14.8 Å². The minimum atomic E-state index is -0.114. The van der Waals surface area contributed by atoms with Gasteiger partial charge in [-0.2, -0.15) is 0 Å². The van der Waals surface area contributed by atoms with Crippen molar-refractivity contribution in [1.29, 1.82) is 0 Å². The number of para-hydroxylation sites is 1. The second-order valence-electron chi connectivity index (χ2n) is 5.64. The largest absolute Gasteiger partial charge is 0.496 e. The number of methoxy groups -OCH3 is 1. The van der Waals surface area contributed by atoms with Crippen molar-refractivity contribution in [3.05, 3.63) is 59.2 Å². The lowest BCUT2D eigenvalue weighted by Crippen LogP contribution is -2.36. The smallest absolute Gasteiger partial charge is 0.251 e. The summed E-state index contributed by atoms with van der Waals surface area (Å²) in [6.45, 7) is 6.26. The van der Waals surface area contributed by atoms with Crippen molar-refractivity contribution in [3.63, 3.8) is 0 Å². The molecule has 0 saturated carbocycles. The Hall–Kier alpha value is -2.49. The fourth-order valence-electron chi connectivity index (χ4n) is 2.30. The molecule has 1 unspecified atom stereocenters. The molecule has 23 heavy (non-hydrogen) atoms. The third-order valence-electron chi connectivity index (χ3n) is 3.62. The first-order valence-corrected chi connectivity index (χ1v) is 7.65. The van der Waals surface area contributed by atoms with Gasteiger partial charge in [0.1, 0.15) is 18.1 Å². The van der Waals surface area contributed by atoms with E-state index in [0.717, 1.165) is 22.6 Å². The van der Waals surface area contributed by atoms with Crippen LogP contribution in [0.2, 0.25) is 0 Å². The molecule has 122 valence electrons. The van der Waals surface area contributed by atoms with Crippen LogP contribution >= 0.6 is 0 Å². The van der Waals surface area contributed by atoms with Gasteiger partial charge in [0.15, 0.2) is 0 Å². The number of benzene rings is 2. The van der Waals surface area contributed by atoms with E-state index in [1.54, 1.807) is 19.2 Å². The molecule has 0 spiro atoms. The molecule has 2 aromatic carbocycles. The lowest BCUT2D eigenvalue weighted by molar-refractivity contribution is 0.0926. The number of carbonyl (C=O) groups excluding carboxylic acids is 1. The first-order chi connectivity index (χ1) is 11.0. The molecule has 2 aromatic rings.